The molecule has 4 heteroatoms. The van der Waals surface area contributed by atoms with E-state index in [2.05, 4.69) is 22.5 Å². The van der Waals surface area contributed by atoms with Crippen molar-refractivity contribution in [3.05, 3.63) is 0 Å². The molecule has 124 valence electrons. The van der Waals surface area contributed by atoms with Gasteiger partial charge in [0.15, 0.2) is 0 Å². The van der Waals surface area contributed by atoms with E-state index in [-0.39, 0.29) is 5.91 Å². The van der Waals surface area contributed by atoms with Gasteiger partial charge in [0.25, 0.3) is 0 Å². The molecule has 1 heterocycles. The van der Waals surface area contributed by atoms with Crippen molar-refractivity contribution in [2.45, 2.75) is 64.7 Å². The summed E-state index contributed by atoms with van der Waals surface area (Å²) in [6, 6.07) is 0. The van der Waals surface area contributed by atoms with E-state index in [0.29, 0.717) is 6.42 Å². The van der Waals surface area contributed by atoms with Crippen molar-refractivity contribution in [1.82, 2.24) is 15.5 Å². The van der Waals surface area contributed by atoms with Crippen molar-refractivity contribution in [2.75, 3.05) is 39.3 Å². The molecule has 1 fully saturated rings. The SMILES string of the molecule is CCCCCCCCCCC(=O)NCCN1CCNCC1. The first-order valence-corrected chi connectivity index (χ1v) is 9.02. The molecular weight excluding hydrogens is 262 g/mol. The van der Waals surface area contributed by atoms with Gasteiger partial charge in [0.1, 0.15) is 0 Å². The fourth-order valence-electron chi connectivity index (χ4n) is 2.80. The van der Waals surface area contributed by atoms with Crippen LogP contribution in [0.1, 0.15) is 64.7 Å². The summed E-state index contributed by atoms with van der Waals surface area (Å²) in [4.78, 5) is 14.1. The third-order valence-corrected chi connectivity index (χ3v) is 4.22. The lowest BCUT2D eigenvalue weighted by molar-refractivity contribution is -0.121. The van der Waals surface area contributed by atoms with Crippen LogP contribution in [0.2, 0.25) is 0 Å². The summed E-state index contributed by atoms with van der Waals surface area (Å²) < 4.78 is 0. The first kappa shape index (κ1) is 18.4. The topological polar surface area (TPSA) is 44.4 Å². The first-order chi connectivity index (χ1) is 10.3. The molecule has 1 aliphatic heterocycles. The normalized spacial score (nSPS) is 16.0. The lowest BCUT2D eigenvalue weighted by Gasteiger charge is -2.27. The van der Waals surface area contributed by atoms with Crippen molar-refractivity contribution in [3.8, 4) is 0 Å². The number of hydrogen-bond donors (Lipinski definition) is 2. The monoisotopic (exact) mass is 297 g/mol. The summed E-state index contributed by atoms with van der Waals surface area (Å²) in [6.45, 7) is 8.40. The minimum Gasteiger partial charge on any atom is -0.355 e. The number of hydrogen-bond acceptors (Lipinski definition) is 3. The van der Waals surface area contributed by atoms with E-state index in [1.54, 1.807) is 0 Å². The van der Waals surface area contributed by atoms with Crippen molar-refractivity contribution >= 4 is 5.91 Å². The summed E-state index contributed by atoms with van der Waals surface area (Å²) in [6.07, 6.45) is 11.0. The van der Waals surface area contributed by atoms with Gasteiger partial charge < -0.3 is 10.6 Å². The highest BCUT2D eigenvalue weighted by molar-refractivity contribution is 5.75. The van der Waals surface area contributed by atoms with Crippen LogP contribution in [0, 0.1) is 0 Å². The summed E-state index contributed by atoms with van der Waals surface area (Å²) in [5, 5.41) is 6.39. The second kappa shape index (κ2) is 13.1. The van der Waals surface area contributed by atoms with Gasteiger partial charge in [0.2, 0.25) is 5.91 Å². The molecule has 0 aromatic carbocycles. The van der Waals surface area contributed by atoms with Crippen LogP contribution >= 0.6 is 0 Å². The van der Waals surface area contributed by atoms with Gasteiger partial charge in [-0.05, 0) is 6.42 Å². The van der Waals surface area contributed by atoms with E-state index in [9.17, 15) is 4.79 Å². The number of nitrogens with one attached hydrogen (secondary N) is 2. The Morgan fingerprint density at radius 3 is 2.29 bits per heavy atom. The van der Waals surface area contributed by atoms with Crippen LogP contribution in [-0.2, 0) is 4.79 Å². The molecule has 21 heavy (non-hydrogen) atoms. The molecule has 1 amide bonds. The molecule has 0 unspecified atom stereocenters. The maximum atomic E-state index is 11.7. The Balaban J connectivity index is 1.83. The predicted molar refractivity (Wildman–Crippen MR) is 89.5 cm³/mol. The van der Waals surface area contributed by atoms with Gasteiger partial charge in [-0.3, -0.25) is 9.69 Å². The number of carbonyl (C=O) groups is 1. The minimum absolute atomic E-state index is 0.233. The number of amides is 1. The van der Waals surface area contributed by atoms with E-state index >= 15 is 0 Å². The Kier molecular flexibility index (Phi) is 11.5. The van der Waals surface area contributed by atoms with Crippen LogP contribution in [0.25, 0.3) is 0 Å². The Morgan fingerprint density at radius 1 is 1.00 bits per heavy atom. The van der Waals surface area contributed by atoms with Gasteiger partial charge in [-0.15, -0.1) is 0 Å². The fraction of sp³-hybridized carbons (Fsp3) is 0.941. The van der Waals surface area contributed by atoms with Gasteiger partial charge in [-0.2, -0.15) is 0 Å². The maximum Gasteiger partial charge on any atom is 0.220 e. The standard InChI is InChI=1S/C17H35N3O/c1-2-3-4-5-6-7-8-9-10-17(21)19-13-16-20-14-11-18-12-15-20/h18H,2-16H2,1H3,(H,19,21). The van der Waals surface area contributed by atoms with Crippen LogP contribution in [0.5, 0.6) is 0 Å². The largest absolute Gasteiger partial charge is 0.355 e. The van der Waals surface area contributed by atoms with E-state index in [0.717, 1.165) is 45.7 Å². The molecule has 1 saturated heterocycles. The quantitative estimate of drug-likeness (QED) is 0.544. The Bertz CT molecular complexity index is 252. The van der Waals surface area contributed by atoms with Crippen molar-refractivity contribution < 1.29 is 4.79 Å². The molecular formula is C17H35N3O. The van der Waals surface area contributed by atoms with E-state index in [1.165, 1.54) is 44.9 Å². The molecule has 0 atom stereocenters. The van der Waals surface area contributed by atoms with Crippen LogP contribution in [0.15, 0.2) is 0 Å². The number of unbranched alkanes of at least 4 members (excludes halogenated alkanes) is 7. The molecule has 1 rings (SSSR count). The lowest BCUT2D eigenvalue weighted by atomic mass is 10.1. The van der Waals surface area contributed by atoms with Gasteiger partial charge in [0.05, 0.1) is 0 Å². The third-order valence-electron chi connectivity index (χ3n) is 4.22. The first-order valence-electron chi connectivity index (χ1n) is 9.02. The van der Waals surface area contributed by atoms with Crippen molar-refractivity contribution in [1.29, 1.82) is 0 Å². The second-order valence-corrected chi connectivity index (χ2v) is 6.17. The second-order valence-electron chi connectivity index (χ2n) is 6.17. The van der Waals surface area contributed by atoms with E-state index in [1.807, 2.05) is 0 Å². The zero-order valence-corrected chi connectivity index (χ0v) is 14.0. The smallest absolute Gasteiger partial charge is 0.220 e. The van der Waals surface area contributed by atoms with Gasteiger partial charge in [-0.1, -0.05) is 51.9 Å². The number of carbonyl (C=O) groups excluding carboxylic acids is 1. The zero-order valence-electron chi connectivity index (χ0n) is 14.0. The van der Waals surface area contributed by atoms with Crippen LogP contribution in [0.3, 0.4) is 0 Å². The summed E-state index contributed by atoms with van der Waals surface area (Å²) >= 11 is 0. The molecule has 0 bridgehead atoms. The van der Waals surface area contributed by atoms with Gasteiger partial charge >= 0.3 is 0 Å². The van der Waals surface area contributed by atoms with Crippen LogP contribution < -0.4 is 10.6 Å². The molecule has 0 aromatic heterocycles. The number of piperazine rings is 1. The average Bonchev–Trinajstić information content (AvgIpc) is 2.51. The van der Waals surface area contributed by atoms with Gasteiger partial charge in [0, 0.05) is 45.7 Å². The third kappa shape index (κ3) is 10.7. The summed E-state index contributed by atoms with van der Waals surface area (Å²) in [7, 11) is 0. The number of rotatable bonds is 12. The van der Waals surface area contributed by atoms with E-state index < -0.39 is 0 Å². The lowest BCUT2D eigenvalue weighted by Crippen LogP contribution is -2.46. The summed E-state index contributed by atoms with van der Waals surface area (Å²) in [5.74, 6) is 0.233. The zero-order chi connectivity index (χ0) is 15.2. The Morgan fingerprint density at radius 2 is 1.62 bits per heavy atom. The fourth-order valence-corrected chi connectivity index (χ4v) is 2.80. The summed E-state index contributed by atoms with van der Waals surface area (Å²) in [5.41, 5.74) is 0. The van der Waals surface area contributed by atoms with Crippen molar-refractivity contribution in [3.63, 3.8) is 0 Å². The highest BCUT2D eigenvalue weighted by atomic mass is 16.1. The molecule has 4 nitrogen and oxygen atoms in total. The predicted octanol–water partition coefficient (Wildman–Crippen LogP) is 2.54. The maximum absolute atomic E-state index is 11.7. The number of nitrogens with zero attached hydrogens (tertiary/aromatic N) is 1. The molecule has 0 radical (unpaired) electrons. The highest BCUT2D eigenvalue weighted by Crippen LogP contribution is 2.09. The molecule has 2 N–H and O–H groups in total. The van der Waals surface area contributed by atoms with Crippen molar-refractivity contribution in [2.24, 2.45) is 0 Å². The molecule has 0 aromatic rings. The van der Waals surface area contributed by atoms with Crippen LogP contribution in [0.4, 0.5) is 0 Å². The minimum atomic E-state index is 0.233. The van der Waals surface area contributed by atoms with Gasteiger partial charge in [-0.25, -0.2) is 0 Å². The van der Waals surface area contributed by atoms with E-state index in [4.69, 9.17) is 0 Å². The molecule has 0 spiro atoms. The Hall–Kier alpha value is -0.610. The highest BCUT2D eigenvalue weighted by Gasteiger charge is 2.09. The average molecular weight is 297 g/mol. The molecule has 0 saturated carbocycles. The Labute approximate surface area is 131 Å². The molecule has 0 aliphatic carbocycles. The van der Waals surface area contributed by atoms with Crippen LogP contribution in [-0.4, -0.2) is 50.1 Å². The molecule has 1 aliphatic rings.